The van der Waals surface area contributed by atoms with Crippen LogP contribution in [0.2, 0.25) is 5.15 Å². The van der Waals surface area contributed by atoms with Gasteiger partial charge in [0.05, 0.1) is 24.0 Å². The van der Waals surface area contributed by atoms with Crippen molar-refractivity contribution in [3.63, 3.8) is 0 Å². The molecule has 0 unspecified atom stereocenters. The van der Waals surface area contributed by atoms with Crippen LogP contribution in [0.15, 0.2) is 35.4 Å². The lowest BCUT2D eigenvalue weighted by atomic mass is 10.00. The molecule has 0 radical (unpaired) electrons. The summed E-state index contributed by atoms with van der Waals surface area (Å²) in [4.78, 5) is 24.4. The number of nitrogens with zero attached hydrogens (tertiary/aromatic N) is 4. The fraction of sp³-hybridized carbons (Fsp3) is 0.333. The molecule has 1 aliphatic rings. The molecule has 3 rings (SSSR count). The molecule has 26 heavy (non-hydrogen) atoms. The summed E-state index contributed by atoms with van der Waals surface area (Å²) in [6, 6.07) is 9.27. The maximum Gasteiger partial charge on any atom is 0.346 e. The first-order valence-electron chi connectivity index (χ1n) is 8.33. The van der Waals surface area contributed by atoms with Gasteiger partial charge < -0.3 is 5.32 Å². The zero-order chi connectivity index (χ0) is 18.9. The summed E-state index contributed by atoms with van der Waals surface area (Å²) >= 11 is 6.43. The summed E-state index contributed by atoms with van der Waals surface area (Å²) in [6.07, 6.45) is 1.89. The number of nitrogens with one attached hydrogen (secondary N) is 1. The van der Waals surface area contributed by atoms with Crippen molar-refractivity contribution < 1.29 is 9.59 Å². The molecule has 0 spiro atoms. The number of carbonyl (C=O) groups excluding carboxylic acids is 2. The van der Waals surface area contributed by atoms with Crippen molar-refractivity contribution in [1.29, 1.82) is 0 Å². The van der Waals surface area contributed by atoms with E-state index in [2.05, 4.69) is 15.5 Å². The highest BCUT2D eigenvalue weighted by molar-refractivity contribution is 6.32. The first-order valence-corrected chi connectivity index (χ1v) is 8.71. The third-order valence-electron chi connectivity index (χ3n) is 4.53. The Hall–Kier alpha value is -2.67. The van der Waals surface area contributed by atoms with Gasteiger partial charge in [-0.05, 0) is 25.8 Å². The van der Waals surface area contributed by atoms with E-state index < -0.39 is 11.6 Å². The van der Waals surface area contributed by atoms with E-state index in [1.54, 1.807) is 18.5 Å². The molecule has 2 aromatic rings. The summed E-state index contributed by atoms with van der Waals surface area (Å²) in [5.41, 5.74) is 1.38. The predicted molar refractivity (Wildman–Crippen MR) is 99.2 cm³/mol. The largest absolute Gasteiger partial charge is 0.346 e. The minimum Gasteiger partial charge on any atom is -0.322 e. The molecule has 1 aliphatic heterocycles. The Morgan fingerprint density at radius 2 is 2.00 bits per heavy atom. The van der Waals surface area contributed by atoms with Crippen LogP contribution in [0.5, 0.6) is 0 Å². The second kappa shape index (κ2) is 6.92. The third-order valence-corrected chi connectivity index (χ3v) is 4.93. The molecule has 2 heterocycles. The van der Waals surface area contributed by atoms with Crippen LogP contribution in [0.25, 0.3) is 0 Å². The van der Waals surface area contributed by atoms with Crippen LogP contribution in [0, 0.1) is 6.92 Å². The fourth-order valence-electron chi connectivity index (χ4n) is 2.70. The summed E-state index contributed by atoms with van der Waals surface area (Å²) in [5, 5.41) is 12.4. The SMILES string of the molecule is CC[C@@]1(C)NC(=O)N(/N=C\c2c(C)nn(Cc3ccccc3)c2Cl)C1=O. The molecule has 1 atom stereocenters. The van der Waals surface area contributed by atoms with E-state index in [9.17, 15) is 9.59 Å². The molecule has 1 aromatic heterocycles. The predicted octanol–water partition coefficient (Wildman–Crippen LogP) is 2.95. The van der Waals surface area contributed by atoms with Crippen LogP contribution in [-0.4, -0.2) is 38.5 Å². The van der Waals surface area contributed by atoms with Crippen LogP contribution in [0.3, 0.4) is 0 Å². The molecular weight excluding hydrogens is 354 g/mol. The van der Waals surface area contributed by atoms with Gasteiger partial charge in [0, 0.05) is 0 Å². The standard InChI is InChI=1S/C18H20ClN5O2/c1-4-18(3)16(25)24(17(26)21-18)20-10-14-12(2)22-23(15(14)19)11-13-8-6-5-7-9-13/h5-10H,4,11H2,1-3H3,(H,21,26)/b20-10-/t18-/m1/s1. The Bertz CT molecular complexity index is 877. The van der Waals surface area contributed by atoms with Crippen molar-refractivity contribution in [3.8, 4) is 0 Å². The fourth-order valence-corrected chi connectivity index (χ4v) is 2.99. The minimum absolute atomic E-state index is 0.383. The number of rotatable bonds is 5. The number of carbonyl (C=O) groups is 2. The normalized spacial score (nSPS) is 20.2. The quantitative estimate of drug-likeness (QED) is 0.646. The number of hydrazone groups is 1. The van der Waals surface area contributed by atoms with Crippen molar-refractivity contribution in [3.05, 3.63) is 52.3 Å². The van der Waals surface area contributed by atoms with Gasteiger partial charge in [-0.2, -0.15) is 10.2 Å². The van der Waals surface area contributed by atoms with Crippen LogP contribution < -0.4 is 5.32 Å². The Morgan fingerprint density at radius 3 is 2.62 bits per heavy atom. The third kappa shape index (κ3) is 3.22. The van der Waals surface area contributed by atoms with E-state index in [4.69, 9.17) is 11.6 Å². The van der Waals surface area contributed by atoms with Gasteiger partial charge in [0.25, 0.3) is 5.91 Å². The van der Waals surface area contributed by atoms with Crippen LogP contribution in [0.4, 0.5) is 4.79 Å². The Labute approximate surface area is 156 Å². The van der Waals surface area contributed by atoms with E-state index in [0.29, 0.717) is 29.4 Å². The molecule has 1 saturated heterocycles. The van der Waals surface area contributed by atoms with Gasteiger partial charge >= 0.3 is 6.03 Å². The van der Waals surface area contributed by atoms with Gasteiger partial charge in [0.15, 0.2) is 0 Å². The zero-order valence-electron chi connectivity index (χ0n) is 14.9. The number of aromatic nitrogens is 2. The molecule has 1 fully saturated rings. The van der Waals surface area contributed by atoms with Crippen LogP contribution >= 0.6 is 11.6 Å². The average Bonchev–Trinajstić information content (AvgIpc) is 3.01. The van der Waals surface area contributed by atoms with Crippen LogP contribution in [-0.2, 0) is 11.3 Å². The molecule has 0 saturated carbocycles. The van der Waals surface area contributed by atoms with Crippen molar-refractivity contribution in [2.75, 3.05) is 0 Å². The van der Waals surface area contributed by atoms with Gasteiger partial charge in [-0.25, -0.2) is 9.48 Å². The summed E-state index contributed by atoms with van der Waals surface area (Å²) in [6.45, 7) is 5.83. The first-order chi connectivity index (χ1) is 12.4. The second-order valence-electron chi connectivity index (χ2n) is 6.41. The summed E-state index contributed by atoms with van der Waals surface area (Å²) in [5.74, 6) is -0.383. The number of amides is 3. The lowest BCUT2D eigenvalue weighted by Gasteiger charge is -2.17. The average molecular weight is 374 g/mol. The number of halogens is 1. The maximum atomic E-state index is 12.4. The van der Waals surface area contributed by atoms with E-state index in [0.717, 1.165) is 10.6 Å². The first kappa shape index (κ1) is 18.1. The number of hydrogen-bond donors (Lipinski definition) is 1. The van der Waals surface area contributed by atoms with E-state index >= 15 is 0 Å². The van der Waals surface area contributed by atoms with Crippen molar-refractivity contribution in [1.82, 2.24) is 20.1 Å². The van der Waals surface area contributed by atoms with Crippen molar-refractivity contribution >= 4 is 29.8 Å². The molecule has 136 valence electrons. The molecule has 1 aromatic carbocycles. The van der Waals surface area contributed by atoms with Gasteiger partial charge in [-0.3, -0.25) is 4.79 Å². The number of urea groups is 1. The Kier molecular flexibility index (Phi) is 4.82. The van der Waals surface area contributed by atoms with E-state index in [1.807, 2.05) is 37.3 Å². The maximum absolute atomic E-state index is 12.4. The van der Waals surface area contributed by atoms with Crippen molar-refractivity contribution in [2.24, 2.45) is 5.10 Å². The summed E-state index contributed by atoms with van der Waals surface area (Å²) < 4.78 is 1.66. The molecule has 3 amide bonds. The van der Waals surface area contributed by atoms with Gasteiger partial charge in [-0.15, -0.1) is 5.01 Å². The van der Waals surface area contributed by atoms with E-state index in [1.165, 1.54) is 6.21 Å². The Morgan fingerprint density at radius 1 is 1.31 bits per heavy atom. The zero-order valence-corrected chi connectivity index (χ0v) is 15.6. The number of hydrogen-bond acceptors (Lipinski definition) is 4. The van der Waals surface area contributed by atoms with Crippen LogP contribution in [0.1, 0.15) is 37.1 Å². The molecule has 0 aliphatic carbocycles. The minimum atomic E-state index is -0.926. The number of benzene rings is 1. The second-order valence-corrected chi connectivity index (χ2v) is 6.77. The smallest absolute Gasteiger partial charge is 0.322 e. The lowest BCUT2D eigenvalue weighted by molar-refractivity contribution is -0.130. The Balaban J connectivity index is 1.83. The van der Waals surface area contributed by atoms with Gasteiger partial charge in [0.1, 0.15) is 10.7 Å². The molecule has 1 N–H and O–H groups in total. The highest BCUT2D eigenvalue weighted by Gasteiger charge is 2.46. The van der Waals surface area contributed by atoms with Gasteiger partial charge in [-0.1, -0.05) is 48.9 Å². The molecule has 0 bridgehead atoms. The lowest BCUT2D eigenvalue weighted by Crippen LogP contribution is -2.42. The number of aryl methyl sites for hydroxylation is 1. The number of imide groups is 1. The van der Waals surface area contributed by atoms with Crippen molar-refractivity contribution in [2.45, 2.75) is 39.3 Å². The molecule has 8 heteroatoms. The summed E-state index contributed by atoms with van der Waals surface area (Å²) in [7, 11) is 0. The highest BCUT2D eigenvalue weighted by atomic mass is 35.5. The molecular formula is C18H20ClN5O2. The van der Waals surface area contributed by atoms with Gasteiger partial charge in [0.2, 0.25) is 0 Å². The molecule has 7 nitrogen and oxygen atoms in total. The highest BCUT2D eigenvalue weighted by Crippen LogP contribution is 2.23. The van der Waals surface area contributed by atoms with E-state index in [-0.39, 0.29) is 5.91 Å². The topological polar surface area (TPSA) is 79.6 Å². The monoisotopic (exact) mass is 373 g/mol.